The van der Waals surface area contributed by atoms with Crippen molar-refractivity contribution in [3.63, 3.8) is 0 Å². The molecule has 1 aliphatic rings. The second-order valence-corrected chi connectivity index (χ2v) is 9.71. The van der Waals surface area contributed by atoms with Crippen molar-refractivity contribution in [1.82, 2.24) is 9.47 Å². The van der Waals surface area contributed by atoms with Crippen LogP contribution in [0.3, 0.4) is 0 Å². The molecule has 1 fully saturated rings. The Labute approximate surface area is 219 Å². The van der Waals surface area contributed by atoms with E-state index >= 15 is 0 Å². The topological polar surface area (TPSA) is 74.9 Å². The van der Waals surface area contributed by atoms with Gasteiger partial charge in [-0.15, -0.1) is 0 Å². The molecular formula is C30H25N3O3S. The van der Waals surface area contributed by atoms with E-state index in [1.807, 2.05) is 97.3 Å². The molecule has 0 spiro atoms. The number of carbonyl (C=O) groups is 2. The number of aliphatic imine (C=N–C) groups is 1. The summed E-state index contributed by atoms with van der Waals surface area (Å²) in [5, 5.41) is 10.3. The van der Waals surface area contributed by atoms with Crippen molar-refractivity contribution < 1.29 is 14.7 Å². The van der Waals surface area contributed by atoms with Crippen LogP contribution in [0.5, 0.6) is 0 Å². The van der Waals surface area contributed by atoms with Gasteiger partial charge in [-0.05, 0) is 73.1 Å². The van der Waals surface area contributed by atoms with E-state index in [1.54, 1.807) is 23.1 Å². The van der Waals surface area contributed by atoms with Gasteiger partial charge in [0.05, 0.1) is 28.4 Å². The smallest absolute Gasteiger partial charge is 0.337 e. The molecule has 4 aromatic rings. The van der Waals surface area contributed by atoms with Crippen LogP contribution >= 0.6 is 11.8 Å². The third-order valence-electron chi connectivity index (χ3n) is 6.18. The zero-order valence-corrected chi connectivity index (χ0v) is 21.3. The molecule has 1 amide bonds. The number of hydrogen-bond acceptors (Lipinski definition) is 4. The first-order valence-electron chi connectivity index (χ1n) is 11.8. The lowest BCUT2D eigenvalue weighted by atomic mass is 10.1. The van der Waals surface area contributed by atoms with Gasteiger partial charge in [0.15, 0.2) is 5.17 Å². The quantitative estimate of drug-likeness (QED) is 0.299. The van der Waals surface area contributed by atoms with Gasteiger partial charge in [0.2, 0.25) is 0 Å². The number of aromatic nitrogens is 1. The Bertz CT molecular complexity index is 1540. The highest BCUT2D eigenvalue weighted by molar-refractivity contribution is 8.18. The zero-order valence-electron chi connectivity index (χ0n) is 20.5. The van der Waals surface area contributed by atoms with Gasteiger partial charge in [-0.3, -0.25) is 9.69 Å². The van der Waals surface area contributed by atoms with Crippen LogP contribution in [0.25, 0.3) is 11.8 Å². The maximum absolute atomic E-state index is 13.6. The number of carboxylic acids is 1. The largest absolute Gasteiger partial charge is 0.478 e. The van der Waals surface area contributed by atoms with Gasteiger partial charge >= 0.3 is 5.97 Å². The van der Waals surface area contributed by atoms with Gasteiger partial charge in [0.25, 0.3) is 5.91 Å². The van der Waals surface area contributed by atoms with Crippen molar-refractivity contribution in [2.24, 2.45) is 4.99 Å². The average Bonchev–Trinajstić information content (AvgIpc) is 3.34. The molecular weight excluding hydrogens is 482 g/mol. The van der Waals surface area contributed by atoms with Crippen molar-refractivity contribution in [1.29, 1.82) is 0 Å². The standard InChI is InChI=1S/C30H25N3O3S/c1-20-17-23(21(2)33(20)26-16-10-9-15-25(26)29(35)36)18-27-28(34)32(19-22-11-5-3-6-12-22)30(37-27)31-24-13-7-4-8-14-24/h3-18H,19H2,1-2H3,(H,35,36)/b27-18-,31-30?. The number of thioether (sulfide) groups is 1. The molecule has 37 heavy (non-hydrogen) atoms. The average molecular weight is 508 g/mol. The summed E-state index contributed by atoms with van der Waals surface area (Å²) in [4.78, 5) is 32.5. The second-order valence-electron chi connectivity index (χ2n) is 8.70. The van der Waals surface area contributed by atoms with Crippen molar-refractivity contribution in [3.8, 4) is 5.69 Å². The summed E-state index contributed by atoms with van der Waals surface area (Å²) in [7, 11) is 0. The van der Waals surface area contributed by atoms with Crippen molar-refractivity contribution in [2.75, 3.05) is 0 Å². The Morgan fingerprint density at radius 1 is 0.946 bits per heavy atom. The number of carboxylic acid groups (broad SMARTS) is 1. The van der Waals surface area contributed by atoms with E-state index in [1.165, 1.54) is 11.8 Å². The number of para-hydroxylation sites is 2. The number of benzene rings is 3. The van der Waals surface area contributed by atoms with Crippen LogP contribution < -0.4 is 0 Å². The highest BCUT2D eigenvalue weighted by Crippen LogP contribution is 2.36. The molecule has 1 aromatic heterocycles. The van der Waals surface area contributed by atoms with Crippen LogP contribution in [-0.4, -0.2) is 31.6 Å². The first-order valence-corrected chi connectivity index (χ1v) is 12.6. The predicted octanol–water partition coefficient (Wildman–Crippen LogP) is 6.60. The molecule has 6 nitrogen and oxygen atoms in total. The molecule has 1 aliphatic heterocycles. The molecule has 0 aliphatic carbocycles. The molecule has 0 atom stereocenters. The number of nitrogens with zero attached hydrogens (tertiary/aromatic N) is 3. The molecule has 0 saturated carbocycles. The van der Waals surface area contributed by atoms with E-state index in [4.69, 9.17) is 4.99 Å². The fourth-order valence-corrected chi connectivity index (χ4v) is 5.39. The van der Waals surface area contributed by atoms with Gasteiger partial charge in [0.1, 0.15) is 0 Å². The fraction of sp³-hybridized carbons (Fsp3) is 0.100. The highest BCUT2D eigenvalue weighted by Gasteiger charge is 2.34. The van der Waals surface area contributed by atoms with Crippen LogP contribution in [0.15, 0.2) is 101 Å². The number of aryl methyl sites for hydroxylation is 1. The number of amides is 1. The first kappa shape index (κ1) is 24.3. The number of amidine groups is 1. The third-order valence-corrected chi connectivity index (χ3v) is 7.19. The first-order chi connectivity index (χ1) is 17.9. The molecule has 1 saturated heterocycles. The van der Waals surface area contributed by atoms with Gasteiger partial charge < -0.3 is 9.67 Å². The zero-order chi connectivity index (χ0) is 25.9. The minimum absolute atomic E-state index is 0.112. The molecule has 0 radical (unpaired) electrons. The van der Waals surface area contributed by atoms with Crippen LogP contribution in [0.2, 0.25) is 0 Å². The minimum atomic E-state index is -0.983. The van der Waals surface area contributed by atoms with Crippen molar-refractivity contribution in [3.05, 3.63) is 124 Å². The lowest BCUT2D eigenvalue weighted by Crippen LogP contribution is -2.28. The van der Waals surface area contributed by atoms with E-state index in [0.29, 0.717) is 22.3 Å². The van der Waals surface area contributed by atoms with E-state index in [-0.39, 0.29) is 11.5 Å². The van der Waals surface area contributed by atoms with Crippen molar-refractivity contribution in [2.45, 2.75) is 20.4 Å². The van der Waals surface area contributed by atoms with Crippen LogP contribution in [-0.2, 0) is 11.3 Å². The number of aromatic carboxylic acids is 1. The van der Waals surface area contributed by atoms with Gasteiger partial charge in [0, 0.05) is 11.4 Å². The van der Waals surface area contributed by atoms with Crippen LogP contribution in [0.1, 0.15) is 32.9 Å². The third kappa shape index (κ3) is 4.99. The summed E-state index contributed by atoms with van der Waals surface area (Å²) >= 11 is 1.35. The molecule has 3 aromatic carbocycles. The molecule has 2 heterocycles. The van der Waals surface area contributed by atoms with E-state index in [0.717, 1.165) is 28.2 Å². The molecule has 0 unspecified atom stereocenters. The van der Waals surface area contributed by atoms with Crippen molar-refractivity contribution >= 4 is 40.6 Å². The van der Waals surface area contributed by atoms with Gasteiger partial charge in [-0.1, -0.05) is 60.7 Å². The summed E-state index contributed by atoms with van der Waals surface area (Å²) in [6.07, 6.45) is 1.88. The monoisotopic (exact) mass is 507 g/mol. The Kier molecular flexibility index (Phi) is 6.79. The van der Waals surface area contributed by atoms with E-state index < -0.39 is 5.97 Å². The van der Waals surface area contributed by atoms with Gasteiger partial charge in [-0.25, -0.2) is 9.79 Å². The van der Waals surface area contributed by atoms with Crippen LogP contribution in [0, 0.1) is 13.8 Å². The maximum atomic E-state index is 13.6. The summed E-state index contributed by atoms with van der Waals surface area (Å²) < 4.78 is 1.92. The SMILES string of the molecule is Cc1cc(/C=C2\SC(=Nc3ccccc3)N(Cc3ccccc3)C2=O)c(C)n1-c1ccccc1C(=O)O. The Balaban J connectivity index is 1.55. The van der Waals surface area contributed by atoms with Crippen LogP contribution in [0.4, 0.5) is 5.69 Å². The summed E-state index contributed by atoms with van der Waals surface area (Å²) in [6.45, 7) is 4.28. The molecule has 184 valence electrons. The highest BCUT2D eigenvalue weighted by atomic mass is 32.2. The Morgan fingerprint density at radius 2 is 1.59 bits per heavy atom. The lowest BCUT2D eigenvalue weighted by molar-refractivity contribution is -0.122. The fourth-order valence-electron chi connectivity index (χ4n) is 4.40. The number of rotatable bonds is 6. The molecule has 0 bridgehead atoms. The second kappa shape index (κ2) is 10.3. The normalized spacial score (nSPS) is 15.6. The summed E-state index contributed by atoms with van der Waals surface area (Å²) in [6, 6.07) is 28.3. The molecule has 7 heteroatoms. The Morgan fingerprint density at radius 3 is 2.30 bits per heavy atom. The minimum Gasteiger partial charge on any atom is -0.478 e. The molecule has 1 N–H and O–H groups in total. The van der Waals surface area contributed by atoms with E-state index in [9.17, 15) is 14.7 Å². The van der Waals surface area contributed by atoms with Gasteiger partial charge in [-0.2, -0.15) is 0 Å². The maximum Gasteiger partial charge on any atom is 0.337 e. The van der Waals surface area contributed by atoms with E-state index in [2.05, 4.69) is 0 Å². The number of carbonyl (C=O) groups excluding carboxylic acids is 1. The molecule has 5 rings (SSSR count). The summed E-state index contributed by atoms with van der Waals surface area (Å²) in [5.74, 6) is -1.10. The Hall–Kier alpha value is -4.36. The predicted molar refractivity (Wildman–Crippen MR) is 148 cm³/mol. The number of hydrogen-bond donors (Lipinski definition) is 1. The lowest BCUT2D eigenvalue weighted by Gasteiger charge is -2.15. The summed E-state index contributed by atoms with van der Waals surface area (Å²) in [5.41, 5.74) is 5.21.